The van der Waals surface area contributed by atoms with Crippen LogP contribution in [-0.4, -0.2) is 15.9 Å². The summed E-state index contributed by atoms with van der Waals surface area (Å²) < 4.78 is 0. The second-order valence-electron chi connectivity index (χ2n) is 3.44. The molecule has 0 aliphatic rings. The summed E-state index contributed by atoms with van der Waals surface area (Å²) in [6, 6.07) is 1.94. The van der Waals surface area contributed by atoms with E-state index in [0.29, 0.717) is 5.95 Å². The monoisotopic (exact) mass is 235 g/mol. The lowest BCUT2D eigenvalue weighted by molar-refractivity contribution is 0.102. The van der Waals surface area contributed by atoms with Gasteiger partial charge in [0.25, 0.3) is 5.91 Å². The van der Waals surface area contributed by atoms with Crippen LogP contribution in [-0.2, 0) is 6.42 Å². The third-order valence-electron chi connectivity index (χ3n) is 2.36. The fourth-order valence-corrected chi connectivity index (χ4v) is 2.49. The van der Waals surface area contributed by atoms with Crippen LogP contribution in [0.1, 0.15) is 27.0 Å². The summed E-state index contributed by atoms with van der Waals surface area (Å²) >= 11 is 1.52. The molecule has 0 saturated carbocycles. The van der Waals surface area contributed by atoms with Gasteiger partial charge in [-0.1, -0.05) is 6.92 Å². The number of thiophene rings is 1. The summed E-state index contributed by atoms with van der Waals surface area (Å²) in [6.07, 6.45) is 4.23. The van der Waals surface area contributed by atoms with Crippen LogP contribution in [0, 0.1) is 6.92 Å². The molecule has 0 radical (unpaired) electrons. The Hall–Kier alpha value is -1.62. The van der Waals surface area contributed by atoms with Crippen LogP contribution in [0.15, 0.2) is 18.5 Å². The number of H-pyrrole nitrogens is 1. The summed E-state index contributed by atoms with van der Waals surface area (Å²) in [6.45, 7) is 4.12. The molecule has 0 aliphatic carbocycles. The maximum Gasteiger partial charge on any atom is 0.268 e. The number of anilines is 1. The van der Waals surface area contributed by atoms with Crippen LogP contribution < -0.4 is 5.32 Å². The number of hydrogen-bond acceptors (Lipinski definition) is 3. The summed E-state index contributed by atoms with van der Waals surface area (Å²) in [5.74, 6) is 0.372. The van der Waals surface area contributed by atoms with Gasteiger partial charge in [0.15, 0.2) is 0 Å². The zero-order valence-electron chi connectivity index (χ0n) is 9.20. The molecule has 4 nitrogen and oxygen atoms in total. The summed E-state index contributed by atoms with van der Waals surface area (Å²) in [5.41, 5.74) is 1.23. The number of hydrogen-bond donors (Lipinski definition) is 2. The molecular formula is C11H13N3OS. The Morgan fingerprint density at radius 2 is 2.44 bits per heavy atom. The van der Waals surface area contributed by atoms with Crippen LogP contribution in [0.5, 0.6) is 0 Å². The van der Waals surface area contributed by atoms with Crippen molar-refractivity contribution in [3.05, 3.63) is 33.8 Å². The van der Waals surface area contributed by atoms with Gasteiger partial charge in [-0.2, -0.15) is 0 Å². The number of aryl methyl sites for hydroxylation is 2. The average Bonchev–Trinajstić information content (AvgIpc) is 2.87. The molecule has 2 N–H and O–H groups in total. The minimum atomic E-state index is -0.109. The summed E-state index contributed by atoms with van der Waals surface area (Å²) in [4.78, 5) is 20.5. The van der Waals surface area contributed by atoms with E-state index in [1.54, 1.807) is 12.4 Å². The molecule has 0 fully saturated rings. The van der Waals surface area contributed by atoms with Gasteiger partial charge in [-0.15, -0.1) is 11.3 Å². The Kier molecular flexibility index (Phi) is 3.05. The number of rotatable bonds is 3. The van der Waals surface area contributed by atoms with E-state index in [1.807, 2.05) is 13.0 Å². The van der Waals surface area contributed by atoms with E-state index in [4.69, 9.17) is 0 Å². The molecule has 2 aromatic rings. The van der Waals surface area contributed by atoms with Gasteiger partial charge in [0.05, 0.1) is 4.88 Å². The molecule has 16 heavy (non-hydrogen) atoms. The fourth-order valence-electron chi connectivity index (χ4n) is 1.49. The van der Waals surface area contributed by atoms with E-state index in [-0.39, 0.29) is 5.91 Å². The fraction of sp³-hybridized carbons (Fsp3) is 0.273. The van der Waals surface area contributed by atoms with E-state index in [1.165, 1.54) is 21.8 Å². The molecule has 2 heterocycles. The number of nitrogens with zero attached hydrogens (tertiary/aromatic N) is 1. The Morgan fingerprint density at radius 3 is 3.00 bits per heavy atom. The lowest BCUT2D eigenvalue weighted by atomic mass is 10.2. The van der Waals surface area contributed by atoms with E-state index >= 15 is 0 Å². The smallest absolute Gasteiger partial charge is 0.268 e. The molecular weight excluding hydrogens is 222 g/mol. The Morgan fingerprint density at radius 1 is 1.62 bits per heavy atom. The van der Waals surface area contributed by atoms with Gasteiger partial charge in [-0.05, 0) is 25.0 Å². The normalized spacial score (nSPS) is 10.4. The van der Waals surface area contributed by atoms with Gasteiger partial charge in [0.1, 0.15) is 0 Å². The maximum atomic E-state index is 11.8. The van der Waals surface area contributed by atoms with Crippen molar-refractivity contribution in [2.45, 2.75) is 20.3 Å². The largest absolute Gasteiger partial charge is 0.331 e. The van der Waals surface area contributed by atoms with E-state index in [2.05, 4.69) is 22.2 Å². The second kappa shape index (κ2) is 4.49. The van der Waals surface area contributed by atoms with Crippen molar-refractivity contribution < 1.29 is 4.79 Å². The molecule has 1 amide bonds. The minimum absolute atomic E-state index is 0.109. The topological polar surface area (TPSA) is 57.8 Å². The van der Waals surface area contributed by atoms with Gasteiger partial charge in [0, 0.05) is 17.3 Å². The number of imidazole rings is 1. The first-order valence-electron chi connectivity index (χ1n) is 5.10. The molecule has 0 unspecified atom stereocenters. The standard InChI is InChI=1S/C11H13N3OS/c1-3-8-6-9(16-7(8)2)10(15)14-11-12-4-5-13-11/h4-6H,3H2,1-2H3,(H2,12,13,14,15). The number of carbonyl (C=O) groups excluding carboxylic acids is 1. The highest BCUT2D eigenvalue weighted by molar-refractivity contribution is 7.14. The Labute approximate surface area is 97.7 Å². The molecule has 5 heteroatoms. The van der Waals surface area contributed by atoms with Crippen molar-refractivity contribution in [3.63, 3.8) is 0 Å². The highest BCUT2D eigenvalue weighted by Gasteiger charge is 2.12. The molecule has 0 bridgehead atoms. The van der Waals surface area contributed by atoms with Gasteiger partial charge in [-0.25, -0.2) is 4.98 Å². The highest BCUT2D eigenvalue weighted by Crippen LogP contribution is 2.22. The van der Waals surface area contributed by atoms with E-state index < -0.39 is 0 Å². The first-order chi connectivity index (χ1) is 7.70. The predicted octanol–water partition coefficient (Wildman–Crippen LogP) is 2.59. The number of amides is 1. The first kappa shape index (κ1) is 10.9. The van der Waals surface area contributed by atoms with E-state index in [0.717, 1.165) is 11.3 Å². The SMILES string of the molecule is CCc1cc(C(=O)Nc2ncc[nH]2)sc1C. The lowest BCUT2D eigenvalue weighted by Crippen LogP contribution is -2.11. The van der Waals surface area contributed by atoms with Gasteiger partial charge < -0.3 is 4.98 Å². The van der Waals surface area contributed by atoms with Gasteiger partial charge in [0.2, 0.25) is 5.95 Å². The quantitative estimate of drug-likeness (QED) is 0.859. The lowest BCUT2D eigenvalue weighted by Gasteiger charge is -1.97. The van der Waals surface area contributed by atoms with E-state index in [9.17, 15) is 4.79 Å². The molecule has 2 rings (SSSR count). The number of aromatic amines is 1. The van der Waals surface area contributed by atoms with Gasteiger partial charge >= 0.3 is 0 Å². The van der Waals surface area contributed by atoms with Crippen LogP contribution in [0.3, 0.4) is 0 Å². The zero-order valence-corrected chi connectivity index (χ0v) is 10.0. The number of nitrogens with one attached hydrogen (secondary N) is 2. The molecule has 84 valence electrons. The third-order valence-corrected chi connectivity index (χ3v) is 3.45. The van der Waals surface area contributed by atoms with Crippen LogP contribution in [0.2, 0.25) is 0 Å². The maximum absolute atomic E-state index is 11.8. The highest BCUT2D eigenvalue weighted by atomic mass is 32.1. The van der Waals surface area contributed by atoms with Crippen LogP contribution in [0.4, 0.5) is 5.95 Å². The number of aromatic nitrogens is 2. The molecule has 2 aromatic heterocycles. The van der Waals surface area contributed by atoms with Crippen LogP contribution in [0.25, 0.3) is 0 Å². The second-order valence-corrected chi connectivity index (χ2v) is 4.69. The van der Waals surface area contributed by atoms with Crippen molar-refractivity contribution in [2.24, 2.45) is 0 Å². The van der Waals surface area contributed by atoms with Crippen LogP contribution >= 0.6 is 11.3 Å². The minimum Gasteiger partial charge on any atom is -0.331 e. The Balaban J connectivity index is 2.15. The molecule has 0 atom stereocenters. The number of carbonyl (C=O) groups is 1. The van der Waals surface area contributed by atoms with Gasteiger partial charge in [-0.3, -0.25) is 10.1 Å². The average molecular weight is 235 g/mol. The summed E-state index contributed by atoms with van der Waals surface area (Å²) in [7, 11) is 0. The molecule has 0 aromatic carbocycles. The molecule has 0 aliphatic heterocycles. The van der Waals surface area contributed by atoms with Crippen molar-refractivity contribution >= 4 is 23.2 Å². The van der Waals surface area contributed by atoms with Crippen molar-refractivity contribution in [2.75, 3.05) is 5.32 Å². The first-order valence-corrected chi connectivity index (χ1v) is 5.92. The van der Waals surface area contributed by atoms with Crippen molar-refractivity contribution in [3.8, 4) is 0 Å². The predicted molar refractivity (Wildman–Crippen MR) is 65.0 cm³/mol. The molecule has 0 spiro atoms. The van der Waals surface area contributed by atoms with Crippen molar-refractivity contribution in [1.29, 1.82) is 0 Å². The Bertz CT molecular complexity index is 487. The summed E-state index contributed by atoms with van der Waals surface area (Å²) in [5, 5.41) is 2.71. The molecule has 0 saturated heterocycles. The van der Waals surface area contributed by atoms with Crippen molar-refractivity contribution in [1.82, 2.24) is 9.97 Å². The third kappa shape index (κ3) is 2.14. The zero-order chi connectivity index (χ0) is 11.5.